The molecule has 0 saturated carbocycles. The van der Waals surface area contributed by atoms with Gasteiger partial charge in [-0.3, -0.25) is 0 Å². The van der Waals surface area contributed by atoms with E-state index in [4.69, 9.17) is 5.10 Å². The third kappa shape index (κ3) is 3.46. The van der Waals surface area contributed by atoms with Gasteiger partial charge in [0.2, 0.25) is 0 Å². The first-order valence-corrected chi connectivity index (χ1v) is 10.7. The molecule has 0 unspecified atom stereocenters. The molecule has 5 nitrogen and oxygen atoms in total. The van der Waals surface area contributed by atoms with Crippen molar-refractivity contribution in [3.05, 3.63) is 95.1 Å². The number of fused-ring (bicyclic) bond motifs is 1. The number of nitrogens with one attached hydrogen (secondary N) is 1. The van der Waals surface area contributed by atoms with Crippen molar-refractivity contribution in [2.75, 3.05) is 0 Å². The van der Waals surface area contributed by atoms with Gasteiger partial charge in [0, 0.05) is 35.6 Å². The molecule has 0 radical (unpaired) electrons. The number of hydrogen-bond donors (Lipinski definition) is 1. The van der Waals surface area contributed by atoms with E-state index in [0.29, 0.717) is 6.04 Å². The monoisotopic (exact) mass is 397 g/mol. The average molecular weight is 398 g/mol. The number of rotatable bonds is 5. The fraction of sp³-hybridized carbons (Fsp3) is 0.280. The molecule has 1 aliphatic rings. The van der Waals surface area contributed by atoms with E-state index in [-0.39, 0.29) is 0 Å². The predicted molar refractivity (Wildman–Crippen MR) is 119 cm³/mol. The van der Waals surface area contributed by atoms with E-state index in [1.807, 2.05) is 29.1 Å². The Kier molecular flexibility index (Phi) is 4.97. The molecule has 0 fully saturated rings. The summed E-state index contributed by atoms with van der Waals surface area (Å²) in [7, 11) is 0. The minimum absolute atomic E-state index is 0.327. The Morgan fingerprint density at radius 2 is 1.87 bits per heavy atom. The van der Waals surface area contributed by atoms with Crippen LogP contribution in [-0.4, -0.2) is 19.6 Å². The minimum atomic E-state index is 0.327. The SMILES string of the molecule is Cc1cccc(-n2ncc3c2CCC[C@H]3NCc2cnn(-c3ccccc3)c2)c1C. The summed E-state index contributed by atoms with van der Waals surface area (Å²) >= 11 is 0. The van der Waals surface area contributed by atoms with E-state index in [9.17, 15) is 0 Å². The van der Waals surface area contributed by atoms with Crippen LogP contribution in [0, 0.1) is 13.8 Å². The van der Waals surface area contributed by atoms with Crippen LogP contribution >= 0.6 is 0 Å². The molecule has 1 N–H and O–H groups in total. The quantitative estimate of drug-likeness (QED) is 0.524. The highest BCUT2D eigenvalue weighted by Gasteiger charge is 2.25. The van der Waals surface area contributed by atoms with Crippen molar-refractivity contribution in [2.45, 2.75) is 45.7 Å². The van der Waals surface area contributed by atoms with Crippen LogP contribution < -0.4 is 5.32 Å². The van der Waals surface area contributed by atoms with E-state index in [0.717, 1.165) is 25.1 Å². The van der Waals surface area contributed by atoms with Gasteiger partial charge in [-0.05, 0) is 62.4 Å². The van der Waals surface area contributed by atoms with Crippen LogP contribution in [0.15, 0.2) is 67.1 Å². The fourth-order valence-corrected chi connectivity index (χ4v) is 4.36. The number of nitrogens with zero attached hydrogens (tertiary/aromatic N) is 4. The van der Waals surface area contributed by atoms with Crippen molar-refractivity contribution in [1.29, 1.82) is 0 Å². The largest absolute Gasteiger partial charge is 0.306 e. The van der Waals surface area contributed by atoms with E-state index < -0.39 is 0 Å². The lowest BCUT2D eigenvalue weighted by Gasteiger charge is -2.24. The van der Waals surface area contributed by atoms with E-state index in [1.165, 1.54) is 40.1 Å². The van der Waals surface area contributed by atoms with Crippen LogP contribution in [0.2, 0.25) is 0 Å². The number of aromatic nitrogens is 4. The van der Waals surface area contributed by atoms with Crippen LogP contribution in [0.25, 0.3) is 11.4 Å². The van der Waals surface area contributed by atoms with Crippen molar-refractivity contribution < 1.29 is 0 Å². The Hall–Kier alpha value is -3.18. The number of para-hydroxylation sites is 1. The normalized spacial score (nSPS) is 15.9. The average Bonchev–Trinajstić information content (AvgIpc) is 3.42. The highest BCUT2D eigenvalue weighted by Crippen LogP contribution is 2.32. The van der Waals surface area contributed by atoms with Crippen molar-refractivity contribution in [3.63, 3.8) is 0 Å². The van der Waals surface area contributed by atoms with Crippen LogP contribution in [0.5, 0.6) is 0 Å². The molecule has 2 aromatic carbocycles. The summed E-state index contributed by atoms with van der Waals surface area (Å²) < 4.78 is 4.08. The fourth-order valence-electron chi connectivity index (χ4n) is 4.36. The van der Waals surface area contributed by atoms with Gasteiger partial charge in [-0.1, -0.05) is 30.3 Å². The zero-order chi connectivity index (χ0) is 20.5. The molecule has 1 aliphatic carbocycles. The van der Waals surface area contributed by atoms with E-state index in [2.05, 4.69) is 71.7 Å². The zero-order valence-electron chi connectivity index (χ0n) is 17.5. The first-order chi connectivity index (χ1) is 14.7. The van der Waals surface area contributed by atoms with Gasteiger partial charge in [-0.25, -0.2) is 9.36 Å². The number of hydrogen-bond acceptors (Lipinski definition) is 3. The Morgan fingerprint density at radius 1 is 1.00 bits per heavy atom. The van der Waals surface area contributed by atoms with Crippen molar-refractivity contribution >= 4 is 0 Å². The Balaban J connectivity index is 1.34. The lowest BCUT2D eigenvalue weighted by atomic mass is 9.92. The Bertz CT molecular complexity index is 1160. The molecule has 0 spiro atoms. The van der Waals surface area contributed by atoms with Crippen LogP contribution in [-0.2, 0) is 13.0 Å². The van der Waals surface area contributed by atoms with Gasteiger partial charge in [0.1, 0.15) is 0 Å². The number of benzene rings is 2. The molecule has 5 heteroatoms. The topological polar surface area (TPSA) is 47.7 Å². The highest BCUT2D eigenvalue weighted by atomic mass is 15.3. The zero-order valence-corrected chi connectivity index (χ0v) is 17.5. The third-order valence-electron chi connectivity index (χ3n) is 6.20. The molecule has 0 saturated heterocycles. The maximum Gasteiger partial charge on any atom is 0.0680 e. The molecular formula is C25H27N5. The maximum atomic E-state index is 4.78. The first-order valence-electron chi connectivity index (χ1n) is 10.7. The summed E-state index contributed by atoms with van der Waals surface area (Å²) in [5.74, 6) is 0. The second kappa shape index (κ2) is 7.92. The third-order valence-corrected chi connectivity index (χ3v) is 6.20. The van der Waals surface area contributed by atoms with Crippen molar-refractivity contribution in [3.8, 4) is 11.4 Å². The van der Waals surface area contributed by atoms with Gasteiger partial charge >= 0.3 is 0 Å². The van der Waals surface area contributed by atoms with Gasteiger partial charge in [-0.2, -0.15) is 10.2 Å². The summed E-state index contributed by atoms with van der Waals surface area (Å²) in [5, 5.41) is 13.0. The van der Waals surface area contributed by atoms with Gasteiger partial charge in [0.25, 0.3) is 0 Å². The molecule has 152 valence electrons. The molecule has 2 heterocycles. The lowest BCUT2D eigenvalue weighted by Crippen LogP contribution is -2.25. The van der Waals surface area contributed by atoms with Gasteiger partial charge in [0.15, 0.2) is 0 Å². The molecule has 0 bridgehead atoms. The summed E-state index contributed by atoms with van der Waals surface area (Å²) in [6.07, 6.45) is 9.49. The summed E-state index contributed by atoms with van der Waals surface area (Å²) in [5.41, 5.74) is 8.74. The Morgan fingerprint density at radius 3 is 2.73 bits per heavy atom. The Labute approximate surface area is 177 Å². The standard InChI is InChI=1S/C25H27N5/c1-18-8-6-12-24(19(18)2)30-25-13-7-11-23(22(25)16-28-30)26-14-20-15-27-29(17-20)21-9-4-3-5-10-21/h3-6,8-10,12,15-17,23,26H,7,11,13-14H2,1-2H3/t23-/m1/s1. The minimum Gasteiger partial charge on any atom is -0.306 e. The molecule has 1 atom stereocenters. The van der Waals surface area contributed by atoms with Crippen LogP contribution in [0.4, 0.5) is 0 Å². The van der Waals surface area contributed by atoms with Gasteiger partial charge in [-0.15, -0.1) is 0 Å². The van der Waals surface area contributed by atoms with E-state index in [1.54, 1.807) is 0 Å². The molecule has 0 aliphatic heterocycles. The highest BCUT2D eigenvalue weighted by molar-refractivity contribution is 5.46. The molecule has 0 amide bonds. The second-order valence-corrected chi connectivity index (χ2v) is 8.13. The lowest BCUT2D eigenvalue weighted by molar-refractivity contribution is 0.454. The molecular weight excluding hydrogens is 370 g/mol. The van der Waals surface area contributed by atoms with Crippen LogP contribution in [0.3, 0.4) is 0 Å². The predicted octanol–water partition coefficient (Wildman–Crippen LogP) is 4.84. The summed E-state index contributed by atoms with van der Waals surface area (Å²) in [6, 6.07) is 17.0. The van der Waals surface area contributed by atoms with Crippen molar-refractivity contribution in [2.24, 2.45) is 0 Å². The van der Waals surface area contributed by atoms with E-state index >= 15 is 0 Å². The molecule has 4 aromatic rings. The van der Waals surface area contributed by atoms with Crippen LogP contribution in [0.1, 0.15) is 46.8 Å². The second-order valence-electron chi connectivity index (χ2n) is 8.13. The number of aryl methyl sites for hydroxylation is 1. The van der Waals surface area contributed by atoms with Gasteiger partial charge < -0.3 is 5.32 Å². The maximum absolute atomic E-state index is 4.78. The molecule has 5 rings (SSSR count). The van der Waals surface area contributed by atoms with Gasteiger partial charge in [0.05, 0.1) is 23.8 Å². The van der Waals surface area contributed by atoms with Crippen molar-refractivity contribution in [1.82, 2.24) is 24.9 Å². The molecule has 2 aromatic heterocycles. The molecule has 30 heavy (non-hydrogen) atoms. The smallest absolute Gasteiger partial charge is 0.0680 e. The summed E-state index contributed by atoms with van der Waals surface area (Å²) in [4.78, 5) is 0. The summed E-state index contributed by atoms with van der Waals surface area (Å²) in [6.45, 7) is 5.14. The first kappa shape index (κ1) is 18.8.